The monoisotopic (exact) mass is 344 g/mol. The number of hydrogen-bond donors (Lipinski definition) is 2. The minimum absolute atomic E-state index is 0.226. The van der Waals surface area contributed by atoms with Gasteiger partial charge in [0.05, 0.1) is 12.9 Å². The van der Waals surface area contributed by atoms with E-state index in [1.54, 1.807) is 24.5 Å². The summed E-state index contributed by atoms with van der Waals surface area (Å²) in [5.74, 6) is 1.08. The number of unbranched alkanes of at least 4 members (excludes halogenated alkanes) is 1. The zero-order chi connectivity index (χ0) is 17.2. The summed E-state index contributed by atoms with van der Waals surface area (Å²) in [7, 11) is 0. The Morgan fingerprint density at radius 1 is 1.29 bits per heavy atom. The predicted octanol–water partition coefficient (Wildman–Crippen LogP) is 3.98. The normalized spacial score (nSPS) is 10.5. The highest BCUT2D eigenvalue weighted by Gasteiger charge is 2.02. The number of rotatable bonds is 7. The Morgan fingerprint density at radius 2 is 2.08 bits per heavy atom. The Balaban J connectivity index is 1.78. The maximum atomic E-state index is 11.8. The van der Waals surface area contributed by atoms with E-state index < -0.39 is 0 Å². The summed E-state index contributed by atoms with van der Waals surface area (Å²) in [6, 6.07) is 10.9. The number of anilines is 1. The third-order valence-electron chi connectivity index (χ3n) is 3.06. The first-order valence-corrected chi connectivity index (χ1v) is 8.14. The van der Waals surface area contributed by atoms with E-state index in [9.17, 15) is 4.79 Å². The van der Waals surface area contributed by atoms with Gasteiger partial charge in [-0.15, -0.1) is 0 Å². The van der Waals surface area contributed by atoms with Crippen LogP contribution in [0.3, 0.4) is 0 Å². The molecule has 0 aliphatic heterocycles. The van der Waals surface area contributed by atoms with Gasteiger partial charge in [0.25, 0.3) is 0 Å². The van der Waals surface area contributed by atoms with E-state index in [0.717, 1.165) is 24.3 Å². The molecule has 2 N–H and O–H groups in total. The summed E-state index contributed by atoms with van der Waals surface area (Å²) < 4.78 is 10.7. The molecule has 24 heavy (non-hydrogen) atoms. The van der Waals surface area contributed by atoms with Gasteiger partial charge in [0.15, 0.2) is 5.11 Å². The fraction of sp³-hybridized carbons (Fsp3) is 0.222. The van der Waals surface area contributed by atoms with Gasteiger partial charge >= 0.3 is 0 Å². The lowest BCUT2D eigenvalue weighted by atomic mass is 10.3. The molecule has 2 aromatic rings. The highest BCUT2D eigenvalue weighted by atomic mass is 32.1. The third kappa shape index (κ3) is 6.26. The van der Waals surface area contributed by atoms with Gasteiger partial charge in [-0.05, 0) is 61.1 Å². The molecule has 6 heteroatoms. The molecule has 1 heterocycles. The zero-order valence-electron chi connectivity index (χ0n) is 13.5. The zero-order valence-corrected chi connectivity index (χ0v) is 14.3. The van der Waals surface area contributed by atoms with Crippen LogP contribution in [0.15, 0.2) is 53.2 Å². The van der Waals surface area contributed by atoms with Gasteiger partial charge in [-0.25, -0.2) is 0 Å². The van der Waals surface area contributed by atoms with Crippen LogP contribution in [0.4, 0.5) is 5.69 Å². The van der Waals surface area contributed by atoms with Crippen molar-refractivity contribution in [3.8, 4) is 5.75 Å². The minimum atomic E-state index is -0.330. The second kappa shape index (κ2) is 9.52. The second-order valence-corrected chi connectivity index (χ2v) is 5.43. The Hall–Kier alpha value is -2.60. The lowest BCUT2D eigenvalue weighted by molar-refractivity contribution is -0.115. The van der Waals surface area contributed by atoms with Crippen molar-refractivity contribution in [3.05, 3.63) is 54.5 Å². The Bertz CT molecular complexity index is 679. The number of thiocarbonyl (C=S) groups is 1. The van der Waals surface area contributed by atoms with Crippen LogP contribution < -0.4 is 15.4 Å². The molecule has 0 saturated carbocycles. The van der Waals surface area contributed by atoms with Gasteiger partial charge in [0, 0.05) is 11.8 Å². The number of nitrogens with one attached hydrogen (secondary N) is 2. The van der Waals surface area contributed by atoms with Crippen LogP contribution in [0.5, 0.6) is 5.75 Å². The Labute approximate surface area is 146 Å². The van der Waals surface area contributed by atoms with Crippen molar-refractivity contribution in [2.45, 2.75) is 19.8 Å². The van der Waals surface area contributed by atoms with E-state index in [2.05, 4.69) is 17.6 Å². The van der Waals surface area contributed by atoms with Crippen LogP contribution in [0.25, 0.3) is 6.08 Å². The second-order valence-electron chi connectivity index (χ2n) is 5.02. The number of furan rings is 1. The number of ether oxygens (including phenoxy) is 1. The maximum Gasteiger partial charge on any atom is 0.250 e. The summed E-state index contributed by atoms with van der Waals surface area (Å²) in [4.78, 5) is 11.8. The van der Waals surface area contributed by atoms with Crippen molar-refractivity contribution in [2.75, 3.05) is 11.9 Å². The number of hydrogen-bond acceptors (Lipinski definition) is 4. The molecule has 1 aromatic carbocycles. The van der Waals surface area contributed by atoms with E-state index in [1.165, 1.54) is 6.08 Å². The molecular formula is C18H20N2O3S. The summed E-state index contributed by atoms with van der Waals surface area (Å²) >= 11 is 5.11. The fourth-order valence-electron chi connectivity index (χ4n) is 1.83. The smallest absolute Gasteiger partial charge is 0.250 e. The van der Waals surface area contributed by atoms with Crippen LogP contribution in [0.1, 0.15) is 25.5 Å². The summed E-state index contributed by atoms with van der Waals surface area (Å²) in [6.07, 6.45) is 6.60. The minimum Gasteiger partial charge on any atom is -0.494 e. The number of carbonyl (C=O) groups excluding carboxylic acids is 1. The summed E-state index contributed by atoms with van der Waals surface area (Å²) in [5.41, 5.74) is 0.776. The molecule has 126 valence electrons. The predicted molar refractivity (Wildman–Crippen MR) is 99.0 cm³/mol. The van der Waals surface area contributed by atoms with E-state index in [-0.39, 0.29) is 11.0 Å². The van der Waals surface area contributed by atoms with Crippen LogP contribution in [-0.4, -0.2) is 17.6 Å². The summed E-state index contributed by atoms with van der Waals surface area (Å²) in [5, 5.41) is 5.74. The first-order valence-electron chi connectivity index (χ1n) is 7.74. The van der Waals surface area contributed by atoms with Crippen molar-refractivity contribution in [1.29, 1.82) is 0 Å². The highest BCUT2D eigenvalue weighted by Crippen LogP contribution is 2.16. The topological polar surface area (TPSA) is 63.5 Å². The quantitative estimate of drug-likeness (QED) is 0.452. The largest absolute Gasteiger partial charge is 0.494 e. The first-order chi connectivity index (χ1) is 11.7. The van der Waals surface area contributed by atoms with Crippen molar-refractivity contribution in [3.63, 3.8) is 0 Å². The molecule has 0 fully saturated rings. The molecule has 0 atom stereocenters. The van der Waals surface area contributed by atoms with Gasteiger partial charge in [-0.2, -0.15) is 0 Å². The molecule has 2 rings (SSSR count). The highest BCUT2D eigenvalue weighted by molar-refractivity contribution is 7.80. The van der Waals surface area contributed by atoms with Gasteiger partial charge in [0.1, 0.15) is 11.5 Å². The molecule has 0 unspecified atom stereocenters. The lowest BCUT2D eigenvalue weighted by Crippen LogP contribution is -2.32. The van der Waals surface area contributed by atoms with Crippen LogP contribution in [0, 0.1) is 0 Å². The Morgan fingerprint density at radius 3 is 2.75 bits per heavy atom. The first kappa shape index (κ1) is 17.7. The molecule has 0 bridgehead atoms. The standard InChI is InChI=1S/C18H20N2O3S/c1-2-3-12-22-16-8-6-14(7-9-16)19-18(24)20-17(21)11-10-15-5-4-13-23-15/h4-11,13H,2-3,12H2,1H3,(H2,19,20,21,24)/b11-10+. The van der Waals surface area contributed by atoms with E-state index in [0.29, 0.717) is 12.4 Å². The van der Waals surface area contributed by atoms with Crippen molar-refractivity contribution >= 4 is 35.0 Å². The average molecular weight is 344 g/mol. The molecule has 0 spiro atoms. The fourth-order valence-corrected chi connectivity index (χ4v) is 2.05. The van der Waals surface area contributed by atoms with E-state index in [4.69, 9.17) is 21.4 Å². The molecule has 1 amide bonds. The van der Waals surface area contributed by atoms with Crippen LogP contribution in [0.2, 0.25) is 0 Å². The van der Waals surface area contributed by atoms with Crippen LogP contribution in [-0.2, 0) is 4.79 Å². The summed E-state index contributed by atoms with van der Waals surface area (Å²) in [6.45, 7) is 2.83. The van der Waals surface area contributed by atoms with Gasteiger partial charge < -0.3 is 14.5 Å². The van der Waals surface area contributed by atoms with Gasteiger partial charge in [-0.3, -0.25) is 10.1 Å². The number of amides is 1. The molecule has 1 aromatic heterocycles. The molecule has 0 radical (unpaired) electrons. The van der Waals surface area contributed by atoms with Crippen molar-refractivity contribution in [1.82, 2.24) is 5.32 Å². The van der Waals surface area contributed by atoms with Crippen LogP contribution >= 0.6 is 12.2 Å². The number of carbonyl (C=O) groups is 1. The van der Waals surface area contributed by atoms with Gasteiger partial charge in [0.2, 0.25) is 5.91 Å². The maximum absolute atomic E-state index is 11.8. The third-order valence-corrected chi connectivity index (χ3v) is 3.26. The Kier molecular flexibility index (Phi) is 7.04. The van der Waals surface area contributed by atoms with Gasteiger partial charge in [-0.1, -0.05) is 13.3 Å². The molecular weight excluding hydrogens is 324 g/mol. The van der Waals surface area contributed by atoms with Crippen molar-refractivity contribution in [2.24, 2.45) is 0 Å². The molecule has 5 nitrogen and oxygen atoms in total. The number of benzene rings is 1. The van der Waals surface area contributed by atoms with E-state index in [1.807, 2.05) is 24.3 Å². The molecule has 0 aliphatic carbocycles. The average Bonchev–Trinajstić information content (AvgIpc) is 3.08. The SMILES string of the molecule is CCCCOc1ccc(NC(=S)NC(=O)/C=C/c2ccco2)cc1. The van der Waals surface area contributed by atoms with E-state index >= 15 is 0 Å². The lowest BCUT2D eigenvalue weighted by Gasteiger charge is -2.09. The molecule has 0 saturated heterocycles. The van der Waals surface area contributed by atoms with Crippen molar-refractivity contribution < 1.29 is 13.9 Å². The molecule has 0 aliphatic rings.